The number of halogens is 1. The number of ether oxygens (including phenoxy) is 2. The maximum absolute atomic E-state index is 12.2. The first-order chi connectivity index (χ1) is 13.1. The Morgan fingerprint density at radius 1 is 1.21 bits per heavy atom. The standard InChI is InChI=1S/C20H27ClN2O5/c1-13-15(21)6-5-7-16(13)22-17(24)12-27-18(25)14-8-10-23(11-9-14)19(26)28-20(2,3)4/h5-7,14H,8-12H2,1-4H3,(H,22,24). The molecule has 0 atom stereocenters. The van der Waals surface area contributed by atoms with Gasteiger partial charge in [0.2, 0.25) is 0 Å². The molecule has 1 aromatic rings. The zero-order chi connectivity index (χ0) is 20.9. The molecule has 8 heteroatoms. The zero-order valence-electron chi connectivity index (χ0n) is 16.7. The van der Waals surface area contributed by atoms with Gasteiger partial charge in [-0.25, -0.2) is 4.79 Å². The van der Waals surface area contributed by atoms with Gasteiger partial charge in [-0.1, -0.05) is 17.7 Å². The van der Waals surface area contributed by atoms with Gasteiger partial charge in [0.05, 0.1) is 5.92 Å². The summed E-state index contributed by atoms with van der Waals surface area (Å²) in [6.45, 7) is 7.70. The Morgan fingerprint density at radius 2 is 1.86 bits per heavy atom. The number of nitrogens with zero attached hydrogens (tertiary/aromatic N) is 1. The summed E-state index contributed by atoms with van der Waals surface area (Å²) in [4.78, 5) is 37.9. The van der Waals surface area contributed by atoms with Crippen molar-refractivity contribution in [1.82, 2.24) is 4.90 Å². The summed E-state index contributed by atoms with van der Waals surface area (Å²) in [5, 5.41) is 3.23. The number of rotatable bonds is 4. The molecule has 1 aromatic carbocycles. The summed E-state index contributed by atoms with van der Waals surface area (Å²) < 4.78 is 10.5. The third-order valence-electron chi connectivity index (χ3n) is 4.37. The molecule has 0 aliphatic carbocycles. The number of nitrogens with one attached hydrogen (secondary N) is 1. The van der Waals surface area contributed by atoms with Crippen LogP contribution in [0.2, 0.25) is 5.02 Å². The van der Waals surface area contributed by atoms with E-state index >= 15 is 0 Å². The van der Waals surface area contributed by atoms with Crippen molar-refractivity contribution < 1.29 is 23.9 Å². The quantitative estimate of drug-likeness (QED) is 0.763. The van der Waals surface area contributed by atoms with Crippen molar-refractivity contribution in [3.8, 4) is 0 Å². The minimum Gasteiger partial charge on any atom is -0.455 e. The van der Waals surface area contributed by atoms with Gasteiger partial charge in [0.1, 0.15) is 5.60 Å². The Morgan fingerprint density at radius 3 is 2.46 bits per heavy atom. The van der Waals surface area contributed by atoms with Crippen LogP contribution in [0.4, 0.5) is 10.5 Å². The number of amides is 2. The molecule has 2 rings (SSSR count). The van der Waals surface area contributed by atoms with Gasteiger partial charge in [-0.3, -0.25) is 9.59 Å². The normalized spacial score (nSPS) is 15.1. The minimum atomic E-state index is -0.554. The third-order valence-corrected chi connectivity index (χ3v) is 4.78. The van der Waals surface area contributed by atoms with Crippen molar-refractivity contribution in [3.63, 3.8) is 0 Å². The number of likely N-dealkylation sites (tertiary alicyclic amines) is 1. The molecular weight excluding hydrogens is 384 g/mol. The van der Waals surface area contributed by atoms with E-state index in [0.29, 0.717) is 36.6 Å². The van der Waals surface area contributed by atoms with Crippen LogP contribution in [-0.2, 0) is 19.1 Å². The first-order valence-electron chi connectivity index (χ1n) is 9.26. The lowest BCUT2D eigenvalue weighted by Gasteiger charge is -2.32. The SMILES string of the molecule is Cc1c(Cl)cccc1NC(=O)COC(=O)C1CCN(C(=O)OC(C)(C)C)CC1. The van der Waals surface area contributed by atoms with Crippen LogP contribution in [0.5, 0.6) is 0 Å². The molecule has 1 aliphatic rings. The van der Waals surface area contributed by atoms with Crippen LogP contribution in [-0.4, -0.2) is 48.2 Å². The first-order valence-corrected chi connectivity index (χ1v) is 9.64. The zero-order valence-corrected chi connectivity index (χ0v) is 17.5. The van der Waals surface area contributed by atoms with Crippen molar-refractivity contribution in [1.29, 1.82) is 0 Å². The number of carbonyl (C=O) groups is 3. The van der Waals surface area contributed by atoms with Gasteiger partial charge < -0.3 is 19.7 Å². The topological polar surface area (TPSA) is 84.9 Å². The molecule has 1 saturated heterocycles. The van der Waals surface area contributed by atoms with Crippen molar-refractivity contribution in [2.45, 2.75) is 46.1 Å². The highest BCUT2D eigenvalue weighted by molar-refractivity contribution is 6.31. The van der Waals surface area contributed by atoms with Crippen molar-refractivity contribution in [2.75, 3.05) is 25.0 Å². The van der Waals surface area contributed by atoms with E-state index in [1.54, 1.807) is 30.0 Å². The van der Waals surface area contributed by atoms with Crippen LogP contribution in [0.1, 0.15) is 39.2 Å². The fourth-order valence-electron chi connectivity index (χ4n) is 2.81. The highest BCUT2D eigenvalue weighted by Gasteiger charge is 2.31. The van der Waals surface area contributed by atoms with Crippen molar-refractivity contribution in [3.05, 3.63) is 28.8 Å². The fourth-order valence-corrected chi connectivity index (χ4v) is 2.98. The van der Waals surface area contributed by atoms with Gasteiger partial charge in [0, 0.05) is 23.8 Å². The monoisotopic (exact) mass is 410 g/mol. The molecule has 0 saturated carbocycles. The molecular formula is C20H27ClN2O5. The van der Waals surface area contributed by atoms with E-state index in [1.807, 2.05) is 20.8 Å². The second kappa shape index (κ2) is 9.28. The largest absolute Gasteiger partial charge is 0.455 e. The third kappa shape index (κ3) is 6.41. The molecule has 1 N–H and O–H groups in total. The number of hydrogen-bond acceptors (Lipinski definition) is 5. The Hall–Kier alpha value is -2.28. The van der Waals surface area contributed by atoms with E-state index in [9.17, 15) is 14.4 Å². The summed E-state index contributed by atoms with van der Waals surface area (Å²) in [5.41, 5.74) is 0.777. The van der Waals surface area contributed by atoms with Crippen LogP contribution in [0.15, 0.2) is 18.2 Å². The summed E-state index contributed by atoms with van der Waals surface area (Å²) in [5.74, 6) is -1.19. The number of carbonyl (C=O) groups excluding carboxylic acids is 3. The summed E-state index contributed by atoms with van der Waals surface area (Å²) >= 11 is 6.02. The van der Waals surface area contributed by atoms with Gasteiger partial charge in [0.25, 0.3) is 5.91 Å². The van der Waals surface area contributed by atoms with E-state index in [2.05, 4.69) is 5.32 Å². The molecule has 0 spiro atoms. The molecule has 0 unspecified atom stereocenters. The molecule has 28 heavy (non-hydrogen) atoms. The number of benzene rings is 1. The Kier molecular flexibility index (Phi) is 7.29. The minimum absolute atomic E-state index is 0.334. The van der Waals surface area contributed by atoms with Crippen molar-refractivity contribution >= 4 is 35.3 Å². The fraction of sp³-hybridized carbons (Fsp3) is 0.550. The van der Waals surface area contributed by atoms with Crippen LogP contribution in [0, 0.1) is 12.8 Å². The van der Waals surface area contributed by atoms with Crippen LogP contribution >= 0.6 is 11.6 Å². The van der Waals surface area contributed by atoms with Crippen molar-refractivity contribution in [2.24, 2.45) is 5.92 Å². The Bertz CT molecular complexity index is 737. The lowest BCUT2D eigenvalue weighted by molar-refractivity contribution is -0.153. The molecule has 154 valence electrons. The number of hydrogen-bond donors (Lipinski definition) is 1. The predicted octanol–water partition coefficient (Wildman–Crippen LogP) is 3.78. The molecule has 1 fully saturated rings. The molecule has 1 aliphatic heterocycles. The van der Waals surface area contributed by atoms with Gasteiger partial charge in [-0.05, 0) is 58.2 Å². The lowest BCUT2D eigenvalue weighted by atomic mass is 9.97. The van der Waals surface area contributed by atoms with Gasteiger partial charge in [-0.15, -0.1) is 0 Å². The summed E-state index contributed by atoms with van der Waals surface area (Å²) in [7, 11) is 0. The maximum atomic E-state index is 12.2. The molecule has 7 nitrogen and oxygen atoms in total. The van der Waals surface area contributed by atoms with Crippen LogP contribution in [0.25, 0.3) is 0 Å². The number of anilines is 1. The molecule has 0 aromatic heterocycles. The second-order valence-electron chi connectivity index (χ2n) is 7.81. The Labute approximate surface area is 170 Å². The number of piperidine rings is 1. The van der Waals surface area contributed by atoms with Gasteiger partial charge >= 0.3 is 12.1 Å². The van der Waals surface area contributed by atoms with E-state index in [4.69, 9.17) is 21.1 Å². The smallest absolute Gasteiger partial charge is 0.410 e. The highest BCUT2D eigenvalue weighted by atomic mass is 35.5. The number of esters is 1. The lowest BCUT2D eigenvalue weighted by Crippen LogP contribution is -2.43. The molecule has 0 bridgehead atoms. The van der Waals surface area contributed by atoms with Crippen LogP contribution < -0.4 is 5.32 Å². The molecule has 1 heterocycles. The van der Waals surface area contributed by atoms with E-state index < -0.39 is 17.5 Å². The second-order valence-corrected chi connectivity index (χ2v) is 8.22. The highest BCUT2D eigenvalue weighted by Crippen LogP contribution is 2.23. The predicted molar refractivity (Wildman–Crippen MR) is 106 cm³/mol. The van der Waals surface area contributed by atoms with Crippen LogP contribution in [0.3, 0.4) is 0 Å². The van der Waals surface area contributed by atoms with E-state index in [1.165, 1.54) is 0 Å². The summed E-state index contributed by atoms with van der Waals surface area (Å²) in [6.07, 6.45) is 0.579. The van der Waals surface area contributed by atoms with E-state index in [0.717, 1.165) is 5.56 Å². The van der Waals surface area contributed by atoms with Gasteiger partial charge in [0.15, 0.2) is 6.61 Å². The molecule has 0 radical (unpaired) electrons. The van der Waals surface area contributed by atoms with Gasteiger partial charge in [-0.2, -0.15) is 0 Å². The maximum Gasteiger partial charge on any atom is 0.410 e. The molecule has 2 amide bonds. The van der Waals surface area contributed by atoms with E-state index in [-0.39, 0.29) is 18.6 Å². The summed E-state index contributed by atoms with van der Waals surface area (Å²) in [6, 6.07) is 5.19. The average molecular weight is 411 g/mol. The Balaban J connectivity index is 1.76. The average Bonchev–Trinajstić information content (AvgIpc) is 2.62. The first kappa shape index (κ1) is 22.0.